The van der Waals surface area contributed by atoms with Gasteiger partial charge in [-0.15, -0.1) is 0 Å². The Morgan fingerprint density at radius 2 is 1.52 bits per heavy atom. The van der Waals surface area contributed by atoms with Gasteiger partial charge in [-0.25, -0.2) is 0 Å². The smallest absolute Gasteiger partial charge is 0.0810 e. The molecule has 0 bridgehead atoms. The minimum absolute atomic E-state index is 0.205. The first-order valence-electron chi connectivity index (χ1n) is 10.4. The Balaban J connectivity index is 1.76. The molecule has 0 spiro atoms. The van der Waals surface area contributed by atoms with Gasteiger partial charge in [-0.3, -0.25) is 4.98 Å². The van der Waals surface area contributed by atoms with Crippen LogP contribution in [0.15, 0.2) is 66.9 Å². The standard InChI is InChI=1S/C25H24B3N/c1-24(26,27)22-17-29-23(19-8-4-2-5-9-19)16-21(22)18-10-12-20(13-11-18)25(28)14-6-3-7-15-25/h2,4-5,8-13,16-17H,3,6-7,14-15H2,1H3. The van der Waals surface area contributed by atoms with Gasteiger partial charge in [0.05, 0.1) is 29.2 Å². The fourth-order valence-electron chi connectivity index (χ4n) is 4.34. The molecule has 138 valence electrons. The van der Waals surface area contributed by atoms with Crippen molar-refractivity contribution < 1.29 is 0 Å². The van der Waals surface area contributed by atoms with Gasteiger partial charge in [-0.2, -0.15) is 0 Å². The summed E-state index contributed by atoms with van der Waals surface area (Å²) in [4.78, 5) is 4.62. The second-order valence-corrected chi connectivity index (χ2v) is 8.56. The second kappa shape index (κ2) is 7.90. The van der Waals surface area contributed by atoms with E-state index >= 15 is 0 Å². The lowest BCUT2D eigenvalue weighted by Gasteiger charge is -2.35. The normalized spacial score (nSPS) is 16.4. The van der Waals surface area contributed by atoms with Crippen molar-refractivity contribution in [2.75, 3.05) is 0 Å². The predicted octanol–water partition coefficient (Wildman–Crippen LogP) is 5.25. The molecule has 1 saturated carbocycles. The lowest BCUT2D eigenvalue weighted by Crippen LogP contribution is -2.29. The van der Waals surface area contributed by atoms with Crippen LogP contribution in [-0.2, 0) is 10.5 Å². The molecule has 4 heteroatoms. The van der Waals surface area contributed by atoms with Gasteiger partial charge in [0, 0.05) is 11.8 Å². The van der Waals surface area contributed by atoms with Gasteiger partial charge in [-0.05, 0) is 28.1 Å². The molecule has 1 aliphatic rings. The molecule has 2 aromatic carbocycles. The first-order valence-corrected chi connectivity index (χ1v) is 10.4. The predicted molar refractivity (Wildman–Crippen MR) is 124 cm³/mol. The minimum Gasteiger partial charge on any atom is -0.256 e. The van der Waals surface area contributed by atoms with Crippen molar-refractivity contribution in [3.05, 3.63) is 78.0 Å². The number of nitrogens with zero attached hydrogens (tertiary/aromatic N) is 1. The average molecular weight is 371 g/mol. The summed E-state index contributed by atoms with van der Waals surface area (Å²) in [5, 5.41) is -1.18. The van der Waals surface area contributed by atoms with Crippen molar-refractivity contribution in [3.8, 4) is 22.4 Å². The zero-order valence-electron chi connectivity index (χ0n) is 17.1. The quantitative estimate of drug-likeness (QED) is 0.571. The van der Waals surface area contributed by atoms with Crippen LogP contribution in [0.25, 0.3) is 22.4 Å². The molecule has 3 aromatic rings. The fraction of sp³-hybridized carbons (Fsp3) is 0.320. The van der Waals surface area contributed by atoms with Crippen molar-refractivity contribution in [2.45, 2.75) is 49.6 Å². The molecule has 1 nitrogen and oxygen atoms in total. The highest BCUT2D eigenvalue weighted by molar-refractivity contribution is 6.40. The van der Waals surface area contributed by atoms with Crippen LogP contribution < -0.4 is 0 Å². The van der Waals surface area contributed by atoms with Crippen LogP contribution in [0.4, 0.5) is 0 Å². The van der Waals surface area contributed by atoms with E-state index in [1.165, 1.54) is 24.8 Å². The molecule has 0 amide bonds. The molecule has 1 fully saturated rings. The van der Waals surface area contributed by atoms with E-state index in [-0.39, 0.29) is 5.31 Å². The van der Waals surface area contributed by atoms with Crippen LogP contribution in [0.2, 0.25) is 0 Å². The number of rotatable bonds is 4. The highest BCUT2D eigenvalue weighted by Crippen LogP contribution is 2.38. The zero-order chi connectivity index (χ0) is 20.5. The van der Waals surface area contributed by atoms with Crippen LogP contribution in [0.3, 0.4) is 0 Å². The second-order valence-electron chi connectivity index (χ2n) is 8.56. The summed E-state index contributed by atoms with van der Waals surface area (Å²) in [6, 6.07) is 20.8. The van der Waals surface area contributed by atoms with Gasteiger partial charge >= 0.3 is 0 Å². The monoisotopic (exact) mass is 371 g/mol. The fourth-order valence-corrected chi connectivity index (χ4v) is 4.34. The van der Waals surface area contributed by atoms with Crippen LogP contribution in [-0.4, -0.2) is 28.5 Å². The SMILES string of the molecule is [B]C([B])(C)c1cnc(-c2ccccc2)cc1-c1ccc(C2([B])CCCCC2)cc1. The molecule has 0 atom stereocenters. The number of pyridine rings is 1. The molecule has 29 heavy (non-hydrogen) atoms. The molecular weight excluding hydrogens is 347 g/mol. The molecule has 1 aliphatic carbocycles. The molecule has 1 aromatic heterocycles. The first kappa shape index (κ1) is 20.1. The van der Waals surface area contributed by atoms with E-state index in [1.807, 2.05) is 18.2 Å². The number of aromatic nitrogens is 1. The van der Waals surface area contributed by atoms with Gasteiger partial charge in [0.15, 0.2) is 0 Å². The molecular formula is C25H24B3N. The Labute approximate surface area is 178 Å². The Morgan fingerprint density at radius 3 is 2.14 bits per heavy atom. The van der Waals surface area contributed by atoms with Crippen LogP contribution in [0.5, 0.6) is 0 Å². The Hall–Kier alpha value is -2.22. The van der Waals surface area contributed by atoms with E-state index in [9.17, 15) is 0 Å². The van der Waals surface area contributed by atoms with Crippen LogP contribution in [0, 0.1) is 0 Å². The highest BCUT2D eigenvalue weighted by atomic mass is 14.7. The van der Waals surface area contributed by atoms with E-state index in [0.29, 0.717) is 0 Å². The van der Waals surface area contributed by atoms with Gasteiger partial charge in [0.1, 0.15) is 0 Å². The molecule has 6 radical (unpaired) electrons. The maximum absolute atomic E-state index is 6.72. The van der Waals surface area contributed by atoms with Crippen molar-refractivity contribution in [1.29, 1.82) is 0 Å². The van der Waals surface area contributed by atoms with Gasteiger partial charge in [0.2, 0.25) is 0 Å². The molecule has 0 N–H and O–H groups in total. The summed E-state index contributed by atoms with van der Waals surface area (Å²) in [7, 11) is 19.3. The molecule has 0 aliphatic heterocycles. The summed E-state index contributed by atoms with van der Waals surface area (Å²) in [6.45, 7) is 1.81. The lowest BCUT2D eigenvalue weighted by atomic mass is 9.51. The van der Waals surface area contributed by atoms with Crippen LogP contribution >= 0.6 is 0 Å². The number of hydrogen-bond acceptors (Lipinski definition) is 1. The number of hydrogen-bond donors (Lipinski definition) is 0. The molecule has 0 unspecified atom stereocenters. The zero-order valence-corrected chi connectivity index (χ0v) is 17.1. The van der Waals surface area contributed by atoms with Gasteiger partial charge in [0.25, 0.3) is 0 Å². The Kier molecular flexibility index (Phi) is 5.47. The molecule has 1 heterocycles. The van der Waals surface area contributed by atoms with Crippen molar-refractivity contribution in [3.63, 3.8) is 0 Å². The van der Waals surface area contributed by atoms with Gasteiger partial charge < -0.3 is 0 Å². The van der Waals surface area contributed by atoms with E-state index < -0.39 is 5.21 Å². The molecule has 0 saturated heterocycles. The van der Waals surface area contributed by atoms with E-state index in [0.717, 1.165) is 40.8 Å². The topological polar surface area (TPSA) is 12.9 Å². The maximum atomic E-state index is 6.72. The van der Waals surface area contributed by atoms with E-state index in [2.05, 4.69) is 47.4 Å². The van der Waals surface area contributed by atoms with Crippen molar-refractivity contribution >= 4 is 23.5 Å². The minimum atomic E-state index is -0.977. The van der Waals surface area contributed by atoms with Crippen LogP contribution in [0.1, 0.15) is 50.2 Å². The Morgan fingerprint density at radius 1 is 0.862 bits per heavy atom. The summed E-state index contributed by atoms with van der Waals surface area (Å²) in [5.41, 5.74) is 6.08. The summed E-state index contributed by atoms with van der Waals surface area (Å²) < 4.78 is 0. The van der Waals surface area contributed by atoms with Crippen molar-refractivity contribution in [2.24, 2.45) is 0 Å². The largest absolute Gasteiger partial charge is 0.256 e. The van der Waals surface area contributed by atoms with Gasteiger partial charge in [-0.1, -0.05) is 104 Å². The average Bonchev–Trinajstić information content (AvgIpc) is 2.74. The highest BCUT2D eigenvalue weighted by Gasteiger charge is 2.28. The molecule has 4 rings (SSSR count). The lowest BCUT2D eigenvalue weighted by molar-refractivity contribution is 0.398. The maximum Gasteiger partial charge on any atom is 0.0810 e. The summed E-state index contributed by atoms with van der Waals surface area (Å²) in [6.07, 6.45) is 7.59. The first-order chi connectivity index (χ1) is 13.9. The summed E-state index contributed by atoms with van der Waals surface area (Å²) in [5.74, 6) is 0. The summed E-state index contributed by atoms with van der Waals surface area (Å²) >= 11 is 0. The van der Waals surface area contributed by atoms with E-state index in [1.54, 1.807) is 13.1 Å². The third-order valence-electron chi connectivity index (χ3n) is 6.07. The third kappa shape index (κ3) is 4.22. The third-order valence-corrected chi connectivity index (χ3v) is 6.07. The number of benzene rings is 2. The Bertz CT molecular complexity index is 969. The van der Waals surface area contributed by atoms with E-state index in [4.69, 9.17) is 23.5 Å². The van der Waals surface area contributed by atoms with Crippen molar-refractivity contribution in [1.82, 2.24) is 4.98 Å².